The second-order valence-electron chi connectivity index (χ2n) is 4.86. The first-order chi connectivity index (χ1) is 10.9. The molecule has 0 saturated heterocycles. The molecule has 0 fully saturated rings. The molecule has 0 aliphatic heterocycles. The van der Waals surface area contributed by atoms with Crippen molar-refractivity contribution in [3.8, 4) is 17.4 Å². The Morgan fingerprint density at radius 2 is 2.04 bits per heavy atom. The molecule has 0 saturated carbocycles. The number of nitrogens with zero attached hydrogens (tertiary/aromatic N) is 1. The first kappa shape index (κ1) is 17.0. The topological polar surface area (TPSA) is 57.7 Å². The predicted octanol–water partition coefficient (Wildman–Crippen LogP) is 4.24. The molecule has 0 amide bonds. The number of carbonyl (C=O) groups is 1. The van der Waals surface area contributed by atoms with E-state index in [4.69, 9.17) is 21.1 Å². The van der Waals surface area contributed by atoms with Crippen LogP contribution < -0.4 is 9.47 Å². The zero-order valence-corrected chi connectivity index (χ0v) is 13.6. The van der Waals surface area contributed by atoms with Crippen molar-refractivity contribution < 1.29 is 23.4 Å². The van der Waals surface area contributed by atoms with Crippen molar-refractivity contribution in [1.82, 2.24) is 4.98 Å². The van der Waals surface area contributed by atoms with E-state index in [1.54, 1.807) is 0 Å². The van der Waals surface area contributed by atoms with E-state index in [1.807, 2.05) is 13.8 Å². The second-order valence-corrected chi connectivity index (χ2v) is 5.27. The van der Waals surface area contributed by atoms with Crippen LogP contribution in [0.2, 0.25) is 5.02 Å². The van der Waals surface area contributed by atoms with Gasteiger partial charge in [-0.05, 0) is 32.0 Å². The third kappa shape index (κ3) is 4.32. The number of hydrogen-bond donors (Lipinski definition) is 0. The lowest BCUT2D eigenvalue weighted by Gasteiger charge is -2.12. The van der Waals surface area contributed by atoms with Gasteiger partial charge in [-0.2, -0.15) is 0 Å². The zero-order chi connectivity index (χ0) is 17.0. The summed E-state index contributed by atoms with van der Waals surface area (Å²) >= 11 is 6.04. The van der Waals surface area contributed by atoms with Gasteiger partial charge in [0.05, 0.1) is 25.0 Å². The lowest BCUT2D eigenvalue weighted by molar-refractivity contribution is 0.0600. The molecular formula is C16H15ClFNO4. The monoisotopic (exact) mass is 339 g/mol. The van der Waals surface area contributed by atoms with Crippen molar-refractivity contribution in [1.29, 1.82) is 0 Å². The molecule has 0 aliphatic carbocycles. The smallest absolute Gasteiger partial charge is 0.337 e. The van der Waals surface area contributed by atoms with E-state index >= 15 is 0 Å². The van der Waals surface area contributed by atoms with Crippen LogP contribution in [0.15, 0.2) is 30.5 Å². The summed E-state index contributed by atoms with van der Waals surface area (Å²) in [5.74, 6) is -0.874. The van der Waals surface area contributed by atoms with Crippen LogP contribution in [-0.4, -0.2) is 24.2 Å². The molecule has 1 aromatic carbocycles. The summed E-state index contributed by atoms with van der Waals surface area (Å²) in [5.41, 5.74) is 0.0918. The van der Waals surface area contributed by atoms with Gasteiger partial charge in [0.1, 0.15) is 10.8 Å². The summed E-state index contributed by atoms with van der Waals surface area (Å²) in [6.07, 6.45) is 1.30. The number of hydrogen-bond acceptors (Lipinski definition) is 5. The van der Waals surface area contributed by atoms with Gasteiger partial charge in [-0.25, -0.2) is 14.2 Å². The number of aromatic nitrogens is 1. The first-order valence-electron chi connectivity index (χ1n) is 6.78. The summed E-state index contributed by atoms with van der Waals surface area (Å²) in [5, 5.41) is 0.253. The number of rotatable bonds is 5. The van der Waals surface area contributed by atoms with Crippen LogP contribution in [0.4, 0.5) is 4.39 Å². The Morgan fingerprint density at radius 3 is 2.61 bits per heavy atom. The number of benzene rings is 1. The van der Waals surface area contributed by atoms with E-state index in [1.165, 1.54) is 31.5 Å². The van der Waals surface area contributed by atoms with Crippen LogP contribution in [0.25, 0.3) is 0 Å². The summed E-state index contributed by atoms with van der Waals surface area (Å²) in [6, 6.07) is 5.23. The molecule has 0 radical (unpaired) electrons. The van der Waals surface area contributed by atoms with Gasteiger partial charge in [-0.15, -0.1) is 0 Å². The fourth-order valence-corrected chi connectivity index (χ4v) is 1.93. The van der Waals surface area contributed by atoms with Gasteiger partial charge >= 0.3 is 5.97 Å². The van der Waals surface area contributed by atoms with E-state index in [0.717, 1.165) is 6.07 Å². The summed E-state index contributed by atoms with van der Waals surface area (Å²) < 4.78 is 29.3. The molecule has 0 bridgehead atoms. The minimum atomic E-state index is -0.702. The minimum absolute atomic E-state index is 0.0620. The summed E-state index contributed by atoms with van der Waals surface area (Å²) in [6.45, 7) is 3.70. The van der Waals surface area contributed by atoms with E-state index in [2.05, 4.69) is 9.72 Å². The number of pyridine rings is 1. The van der Waals surface area contributed by atoms with Crippen LogP contribution in [0.3, 0.4) is 0 Å². The van der Waals surface area contributed by atoms with Crippen LogP contribution in [-0.2, 0) is 4.74 Å². The van der Waals surface area contributed by atoms with Crippen LogP contribution in [0.1, 0.15) is 24.2 Å². The fraction of sp³-hybridized carbons (Fsp3) is 0.250. The van der Waals surface area contributed by atoms with Gasteiger partial charge < -0.3 is 14.2 Å². The molecular weight excluding hydrogens is 325 g/mol. The lowest BCUT2D eigenvalue weighted by Crippen LogP contribution is -2.07. The molecule has 7 heteroatoms. The van der Waals surface area contributed by atoms with Crippen molar-refractivity contribution in [2.45, 2.75) is 20.0 Å². The predicted molar refractivity (Wildman–Crippen MR) is 82.8 cm³/mol. The molecule has 122 valence electrons. The maximum atomic E-state index is 14.0. The molecule has 23 heavy (non-hydrogen) atoms. The van der Waals surface area contributed by atoms with Gasteiger partial charge in [0.25, 0.3) is 0 Å². The molecule has 0 aliphatic rings. The number of methoxy groups -OCH3 is 1. The lowest BCUT2D eigenvalue weighted by atomic mass is 10.2. The van der Waals surface area contributed by atoms with Crippen LogP contribution in [0.5, 0.6) is 17.4 Å². The Bertz CT molecular complexity index is 721. The average Bonchev–Trinajstić information content (AvgIpc) is 2.50. The SMILES string of the molecule is COC(=O)c1ccc(Oc2cnc(OC(C)C)c(Cl)c2)c(F)c1. The zero-order valence-electron chi connectivity index (χ0n) is 12.8. The Hall–Kier alpha value is -2.34. The highest BCUT2D eigenvalue weighted by molar-refractivity contribution is 6.31. The van der Waals surface area contributed by atoms with Crippen molar-refractivity contribution >= 4 is 17.6 Å². The number of carbonyl (C=O) groups excluding carboxylic acids is 1. The molecule has 0 unspecified atom stereocenters. The molecule has 1 heterocycles. The Kier molecular flexibility index (Phi) is 5.39. The summed E-state index contributed by atoms with van der Waals surface area (Å²) in [7, 11) is 1.22. The van der Waals surface area contributed by atoms with Crippen LogP contribution >= 0.6 is 11.6 Å². The van der Waals surface area contributed by atoms with Crippen LogP contribution in [0, 0.1) is 5.82 Å². The standard InChI is InChI=1S/C16H15ClFNO4/c1-9(2)22-15-12(17)7-11(8-19-15)23-14-5-4-10(6-13(14)18)16(20)21-3/h4-9H,1-3H3. The van der Waals surface area contributed by atoms with Gasteiger partial charge in [0.2, 0.25) is 5.88 Å². The molecule has 0 atom stereocenters. The highest BCUT2D eigenvalue weighted by atomic mass is 35.5. The van der Waals surface area contributed by atoms with Gasteiger partial charge in [-0.1, -0.05) is 11.6 Å². The highest BCUT2D eigenvalue weighted by Crippen LogP contribution is 2.30. The number of esters is 1. The van der Waals surface area contributed by atoms with Gasteiger partial charge in [0.15, 0.2) is 11.6 Å². The van der Waals surface area contributed by atoms with Crippen molar-refractivity contribution in [2.75, 3.05) is 7.11 Å². The van der Waals surface area contributed by atoms with Gasteiger partial charge in [0, 0.05) is 6.07 Å². The Balaban J connectivity index is 2.19. The molecule has 5 nitrogen and oxygen atoms in total. The maximum absolute atomic E-state index is 14.0. The van der Waals surface area contributed by atoms with Crippen molar-refractivity contribution in [3.63, 3.8) is 0 Å². The number of ether oxygens (including phenoxy) is 3. The third-order valence-corrected chi connectivity index (χ3v) is 2.98. The molecule has 2 rings (SSSR count). The fourth-order valence-electron chi connectivity index (χ4n) is 1.73. The quantitative estimate of drug-likeness (QED) is 0.762. The molecule has 0 N–H and O–H groups in total. The molecule has 0 spiro atoms. The van der Waals surface area contributed by atoms with E-state index in [0.29, 0.717) is 0 Å². The number of halogens is 2. The maximum Gasteiger partial charge on any atom is 0.337 e. The van der Waals surface area contributed by atoms with E-state index < -0.39 is 11.8 Å². The first-order valence-corrected chi connectivity index (χ1v) is 7.16. The van der Waals surface area contributed by atoms with Gasteiger partial charge in [-0.3, -0.25) is 0 Å². The Labute approximate surface area is 138 Å². The minimum Gasteiger partial charge on any atom is -0.474 e. The Morgan fingerprint density at radius 1 is 1.30 bits per heavy atom. The molecule has 2 aromatic rings. The third-order valence-electron chi connectivity index (χ3n) is 2.71. The second kappa shape index (κ2) is 7.28. The average molecular weight is 340 g/mol. The highest BCUT2D eigenvalue weighted by Gasteiger charge is 2.13. The van der Waals surface area contributed by atoms with Crippen molar-refractivity contribution in [3.05, 3.63) is 46.9 Å². The van der Waals surface area contributed by atoms with E-state index in [9.17, 15) is 9.18 Å². The normalized spacial score (nSPS) is 10.5. The summed E-state index contributed by atoms with van der Waals surface area (Å²) in [4.78, 5) is 15.4. The largest absolute Gasteiger partial charge is 0.474 e. The van der Waals surface area contributed by atoms with Crippen molar-refractivity contribution in [2.24, 2.45) is 0 Å². The molecule has 1 aromatic heterocycles. The van der Waals surface area contributed by atoms with E-state index in [-0.39, 0.29) is 34.1 Å².